The van der Waals surface area contributed by atoms with Crippen LogP contribution < -0.4 is 10.1 Å². The van der Waals surface area contributed by atoms with Gasteiger partial charge in [0.05, 0.1) is 11.8 Å². The first-order valence-corrected chi connectivity index (χ1v) is 6.77. The summed E-state index contributed by atoms with van der Waals surface area (Å²) in [6.45, 7) is 5.82. The van der Waals surface area contributed by atoms with Gasteiger partial charge in [0, 0.05) is 5.69 Å². The van der Waals surface area contributed by atoms with E-state index in [0.717, 1.165) is 22.1 Å². The molecule has 0 saturated heterocycles. The molecule has 0 spiro atoms. The predicted octanol–water partition coefficient (Wildman–Crippen LogP) is 3.85. The van der Waals surface area contributed by atoms with Crippen LogP contribution in [0.1, 0.15) is 25.1 Å². The van der Waals surface area contributed by atoms with Gasteiger partial charge in [-0.2, -0.15) is 9.64 Å². The van der Waals surface area contributed by atoms with Crippen molar-refractivity contribution in [3.05, 3.63) is 35.5 Å². The summed E-state index contributed by atoms with van der Waals surface area (Å²) >= 11 is 1.30. The number of nitriles is 1. The lowest BCUT2D eigenvalue weighted by Gasteiger charge is -2.10. The molecule has 98 valence electrons. The Morgan fingerprint density at radius 2 is 2.00 bits per heavy atom. The van der Waals surface area contributed by atoms with Crippen molar-refractivity contribution in [3.63, 3.8) is 0 Å². The Hall–Kier alpha value is -2.06. The highest BCUT2D eigenvalue weighted by Crippen LogP contribution is 2.28. The molecular weight excluding hydrogens is 258 g/mol. The third-order valence-corrected chi connectivity index (χ3v) is 3.31. The van der Waals surface area contributed by atoms with Crippen LogP contribution in [-0.2, 0) is 0 Å². The summed E-state index contributed by atoms with van der Waals surface area (Å²) in [6, 6.07) is 9.82. The van der Waals surface area contributed by atoms with Crippen LogP contribution in [0.25, 0.3) is 0 Å². The minimum atomic E-state index is 0.160. The number of aryl methyl sites for hydroxylation is 1. The van der Waals surface area contributed by atoms with Crippen molar-refractivity contribution < 1.29 is 4.74 Å². The number of nitrogens with one attached hydrogen (secondary N) is 1. The lowest BCUT2D eigenvalue weighted by molar-refractivity contribution is 0.242. The molecule has 0 atom stereocenters. The van der Waals surface area contributed by atoms with Crippen molar-refractivity contribution in [2.75, 3.05) is 5.32 Å². The maximum absolute atomic E-state index is 9.07. The second kappa shape index (κ2) is 5.72. The van der Waals surface area contributed by atoms with Crippen LogP contribution >= 0.6 is 11.5 Å². The summed E-state index contributed by atoms with van der Waals surface area (Å²) in [4.78, 5) is 0. The third kappa shape index (κ3) is 3.24. The fourth-order valence-corrected chi connectivity index (χ4v) is 2.37. The molecule has 19 heavy (non-hydrogen) atoms. The van der Waals surface area contributed by atoms with E-state index >= 15 is 0 Å². The molecule has 1 N–H and O–H groups in total. The molecule has 2 rings (SSSR count). The number of hydrogen-bond acceptors (Lipinski definition) is 5. The molecule has 1 aromatic carbocycles. The summed E-state index contributed by atoms with van der Waals surface area (Å²) in [5.74, 6) is 0.835. The normalized spacial score (nSPS) is 10.3. The monoisotopic (exact) mass is 273 g/mol. The van der Waals surface area contributed by atoms with E-state index in [0.29, 0.717) is 5.56 Å². The first-order valence-electron chi connectivity index (χ1n) is 6.00. The first-order chi connectivity index (χ1) is 9.10. The molecule has 0 aliphatic rings. The van der Waals surface area contributed by atoms with Crippen molar-refractivity contribution in [1.29, 1.82) is 5.26 Å². The number of anilines is 2. The van der Waals surface area contributed by atoms with Crippen LogP contribution in [0, 0.1) is 18.3 Å². The lowest BCUT2D eigenvalue weighted by Crippen LogP contribution is -2.05. The van der Waals surface area contributed by atoms with Crippen LogP contribution in [0.5, 0.6) is 5.75 Å². The number of rotatable bonds is 4. The highest BCUT2D eigenvalue weighted by molar-refractivity contribution is 7.10. The van der Waals surface area contributed by atoms with Crippen molar-refractivity contribution in [2.24, 2.45) is 0 Å². The van der Waals surface area contributed by atoms with Gasteiger partial charge in [-0.05, 0) is 56.6 Å². The fourth-order valence-electron chi connectivity index (χ4n) is 1.61. The second-order valence-electron chi connectivity index (χ2n) is 4.40. The van der Waals surface area contributed by atoms with Gasteiger partial charge in [-0.3, -0.25) is 0 Å². The Balaban J connectivity index is 2.13. The fraction of sp³-hybridized carbons (Fsp3) is 0.286. The van der Waals surface area contributed by atoms with E-state index in [1.807, 2.05) is 45.0 Å². The third-order valence-electron chi connectivity index (χ3n) is 2.46. The topological polar surface area (TPSA) is 57.9 Å². The van der Waals surface area contributed by atoms with E-state index in [9.17, 15) is 0 Å². The zero-order chi connectivity index (χ0) is 13.8. The second-order valence-corrected chi connectivity index (χ2v) is 5.17. The van der Waals surface area contributed by atoms with Crippen LogP contribution in [0.3, 0.4) is 0 Å². The van der Waals surface area contributed by atoms with Gasteiger partial charge in [0.15, 0.2) is 0 Å². The standard InChI is InChI=1S/C14H15N3OS/c1-9(2)18-12-6-4-11(5-7-12)16-14-13(8-15)10(3)17-19-14/h4-7,9,16H,1-3H3. The average Bonchev–Trinajstić information content (AvgIpc) is 2.71. The maximum atomic E-state index is 9.07. The van der Waals surface area contributed by atoms with Crippen LogP contribution in [0.2, 0.25) is 0 Å². The van der Waals surface area contributed by atoms with Gasteiger partial charge in [-0.15, -0.1) is 0 Å². The molecule has 0 bridgehead atoms. The van der Waals surface area contributed by atoms with Crippen LogP contribution in [0.15, 0.2) is 24.3 Å². The van der Waals surface area contributed by atoms with Crippen molar-refractivity contribution >= 4 is 22.2 Å². The van der Waals surface area contributed by atoms with Gasteiger partial charge in [-0.25, -0.2) is 0 Å². The Kier molecular flexibility index (Phi) is 4.03. The molecule has 5 heteroatoms. The zero-order valence-electron chi connectivity index (χ0n) is 11.1. The molecule has 0 fully saturated rings. The quantitative estimate of drug-likeness (QED) is 0.919. The summed E-state index contributed by atoms with van der Waals surface area (Å²) in [7, 11) is 0. The SMILES string of the molecule is Cc1nsc(Nc2ccc(OC(C)C)cc2)c1C#N. The Morgan fingerprint density at radius 1 is 1.32 bits per heavy atom. The molecule has 0 radical (unpaired) electrons. The minimum Gasteiger partial charge on any atom is -0.491 e. The Labute approximate surface area is 116 Å². The van der Waals surface area contributed by atoms with E-state index < -0.39 is 0 Å². The van der Waals surface area contributed by atoms with Gasteiger partial charge in [0.2, 0.25) is 0 Å². The molecule has 0 unspecified atom stereocenters. The summed E-state index contributed by atoms with van der Waals surface area (Å²) in [5.41, 5.74) is 2.28. The number of nitrogens with zero attached hydrogens (tertiary/aromatic N) is 2. The average molecular weight is 273 g/mol. The number of ether oxygens (including phenoxy) is 1. The molecule has 0 saturated carbocycles. The maximum Gasteiger partial charge on any atom is 0.132 e. The zero-order valence-corrected chi connectivity index (χ0v) is 11.9. The Bertz CT molecular complexity index is 596. The van der Waals surface area contributed by atoms with E-state index in [4.69, 9.17) is 10.00 Å². The molecule has 1 aromatic heterocycles. The van der Waals surface area contributed by atoms with Crippen LogP contribution in [-0.4, -0.2) is 10.5 Å². The number of hydrogen-bond donors (Lipinski definition) is 1. The molecule has 0 amide bonds. The van der Waals surface area contributed by atoms with Crippen molar-refractivity contribution in [1.82, 2.24) is 4.37 Å². The molecule has 4 nitrogen and oxygen atoms in total. The number of aromatic nitrogens is 1. The summed E-state index contributed by atoms with van der Waals surface area (Å²) < 4.78 is 9.75. The van der Waals surface area contributed by atoms with Gasteiger partial charge in [0.25, 0.3) is 0 Å². The Morgan fingerprint density at radius 3 is 2.58 bits per heavy atom. The van der Waals surface area contributed by atoms with Gasteiger partial charge in [0.1, 0.15) is 22.4 Å². The minimum absolute atomic E-state index is 0.160. The van der Waals surface area contributed by atoms with E-state index in [2.05, 4.69) is 15.8 Å². The summed E-state index contributed by atoms with van der Waals surface area (Å²) in [5, 5.41) is 13.0. The van der Waals surface area contributed by atoms with Gasteiger partial charge >= 0.3 is 0 Å². The molecular formula is C14H15N3OS. The molecule has 0 aliphatic heterocycles. The number of benzene rings is 1. The van der Waals surface area contributed by atoms with E-state index in [1.54, 1.807) is 0 Å². The highest BCUT2D eigenvalue weighted by Gasteiger charge is 2.10. The molecule has 1 heterocycles. The first kappa shape index (κ1) is 13.4. The van der Waals surface area contributed by atoms with Crippen LogP contribution in [0.4, 0.5) is 10.7 Å². The largest absolute Gasteiger partial charge is 0.491 e. The van der Waals surface area contributed by atoms with Crippen molar-refractivity contribution in [2.45, 2.75) is 26.9 Å². The van der Waals surface area contributed by atoms with Gasteiger partial charge in [-0.1, -0.05) is 0 Å². The highest BCUT2D eigenvalue weighted by atomic mass is 32.1. The predicted molar refractivity (Wildman–Crippen MR) is 77.1 cm³/mol. The molecule has 2 aromatic rings. The smallest absolute Gasteiger partial charge is 0.132 e. The lowest BCUT2D eigenvalue weighted by atomic mass is 10.2. The summed E-state index contributed by atoms with van der Waals surface area (Å²) in [6.07, 6.45) is 0.160. The van der Waals surface area contributed by atoms with E-state index in [-0.39, 0.29) is 6.10 Å². The van der Waals surface area contributed by atoms with Crippen molar-refractivity contribution in [3.8, 4) is 11.8 Å². The molecule has 0 aliphatic carbocycles. The van der Waals surface area contributed by atoms with Gasteiger partial charge < -0.3 is 10.1 Å². The van der Waals surface area contributed by atoms with E-state index in [1.165, 1.54) is 11.5 Å².